The number of benzene rings is 10. The third kappa shape index (κ3) is 17.1. The first kappa shape index (κ1) is 67.2. The van der Waals surface area contributed by atoms with Crippen LogP contribution in [0, 0.1) is 0 Å². The second-order valence-electron chi connectivity index (χ2n) is 25.6. The van der Waals surface area contributed by atoms with Crippen LogP contribution in [0.4, 0.5) is 0 Å². The largest absolute Gasteiger partial charge is 0.374 e. The Morgan fingerprint density at radius 3 is 0.969 bits per heavy atom. The van der Waals surface area contributed by atoms with Crippen LogP contribution in [0.15, 0.2) is 273 Å². The summed E-state index contributed by atoms with van der Waals surface area (Å²) < 4.78 is 62.8. The number of nitrogens with two attached hydrogens (primary N) is 5. The van der Waals surface area contributed by atoms with Gasteiger partial charge in [-0.3, -0.25) is 0 Å². The first-order valence-corrected chi connectivity index (χ1v) is 33.8. The van der Waals surface area contributed by atoms with E-state index in [-0.39, 0.29) is 39.4 Å². The fraction of sp³-hybridized carbons (Fsp3) is 0.277. The molecule has 0 bridgehead atoms. The highest BCUT2D eigenvalue weighted by molar-refractivity contribution is 5.67. The Bertz CT molecular complexity index is 3980. The van der Waals surface area contributed by atoms with Crippen molar-refractivity contribution in [1.29, 1.82) is 0 Å². The van der Waals surface area contributed by atoms with Gasteiger partial charge in [-0.2, -0.15) is 0 Å². The van der Waals surface area contributed by atoms with E-state index in [1.54, 1.807) is 0 Å². The van der Waals surface area contributed by atoms with E-state index in [2.05, 4.69) is 182 Å². The van der Waals surface area contributed by atoms with Crippen molar-refractivity contribution in [3.63, 3.8) is 0 Å². The molecule has 3 fully saturated rings. The predicted molar refractivity (Wildman–Crippen MR) is 381 cm³/mol. The summed E-state index contributed by atoms with van der Waals surface area (Å²) in [6.45, 7) is 1.43. The zero-order valence-electron chi connectivity index (χ0n) is 54.5. The van der Waals surface area contributed by atoms with E-state index in [0.717, 1.165) is 83.5 Å². The van der Waals surface area contributed by atoms with Crippen LogP contribution in [0.2, 0.25) is 0 Å². The predicted octanol–water partition coefficient (Wildman–Crippen LogP) is 13.2. The number of rotatable bonds is 26. The molecule has 0 amide bonds. The highest BCUT2D eigenvalue weighted by atomic mass is 16.7. The van der Waals surface area contributed by atoms with Gasteiger partial charge >= 0.3 is 0 Å². The molecule has 0 unspecified atom stereocenters. The molecule has 14 atom stereocenters. The van der Waals surface area contributed by atoms with Gasteiger partial charge in [0.25, 0.3) is 0 Å². The van der Waals surface area contributed by atoms with Crippen molar-refractivity contribution in [1.82, 2.24) is 0 Å². The smallest absolute Gasteiger partial charge is 0.186 e. The molecule has 498 valence electrons. The fourth-order valence-electron chi connectivity index (χ4n) is 13.3. The molecule has 10 aromatic carbocycles. The van der Waals surface area contributed by atoms with Crippen LogP contribution in [0.1, 0.15) is 40.7 Å². The first-order valence-electron chi connectivity index (χ1n) is 33.8. The van der Waals surface area contributed by atoms with Crippen molar-refractivity contribution in [2.24, 2.45) is 28.7 Å². The molecule has 0 aromatic heterocycles. The summed E-state index contributed by atoms with van der Waals surface area (Å²) in [5.74, 6) is 0. The van der Waals surface area contributed by atoms with E-state index >= 15 is 0 Å². The molecule has 2 saturated heterocycles. The Kier molecular flexibility index (Phi) is 22.7. The second kappa shape index (κ2) is 32.8. The Morgan fingerprint density at radius 1 is 0.289 bits per heavy atom. The zero-order chi connectivity index (χ0) is 66.3. The highest BCUT2D eigenvalue weighted by Gasteiger charge is 2.53. The van der Waals surface area contributed by atoms with E-state index in [0.29, 0.717) is 19.6 Å². The lowest BCUT2D eigenvalue weighted by Crippen LogP contribution is -2.69. The SMILES string of the molecule is NC[C@H]1O[C@H](O[C@H]2[C@H](OCc3ccc(-c4ccccc4)cc3)[C@@H](O[C@H]3O[C@H](COCc4ccc(-c5ccccc5)cc4)[C@@H](OCc4ccc(-c5ccccc5)cc4)[C@H](N)[C@H]3OCc3ccc(-c4ccccc4)cc3)[C@H](N)C[C@@H]2N)[C@H](N)C[C@@H]1OCc1ccc(-c2ccccc2)cc1. The summed E-state index contributed by atoms with van der Waals surface area (Å²) in [6, 6.07) is 90.2. The molecule has 0 spiro atoms. The summed E-state index contributed by atoms with van der Waals surface area (Å²) in [4.78, 5) is 0. The standard InChI is InChI=1S/C83H87N5O9/c84-48-74-73(90-50-56-28-38-66(39-29-56)61-18-8-2-9-19-61)47-72(87)82(94-74)96-77-70(85)46-71(86)78(81(77)93-53-59-34-44-69(45-35-59)64-24-14-5-15-25-64)97-83-80(92-52-58-32-42-68(43-33-58)63-22-12-4-13-23-63)76(88)79(91-51-57-30-40-67(41-31-57)62-20-10-3-11-21-62)75(95-83)54-89-49-55-26-36-65(37-27-55)60-16-6-1-7-17-60/h1-45,70-83H,46-54,84-88H2/t70-,71+,72+,73-,74+,75+,76-,77+,78-,79+,80+,81-,82+,83+/m0/s1. The van der Waals surface area contributed by atoms with Gasteiger partial charge in [0.1, 0.15) is 36.6 Å². The van der Waals surface area contributed by atoms with E-state index < -0.39 is 85.6 Å². The van der Waals surface area contributed by atoms with Crippen molar-refractivity contribution in [3.05, 3.63) is 301 Å². The quantitative estimate of drug-likeness (QED) is 0.0341. The van der Waals surface area contributed by atoms with Gasteiger partial charge in [0.2, 0.25) is 0 Å². The van der Waals surface area contributed by atoms with Crippen molar-refractivity contribution in [2.75, 3.05) is 13.2 Å². The van der Waals surface area contributed by atoms with Gasteiger partial charge in [0.05, 0.1) is 63.9 Å². The maximum atomic E-state index is 7.64. The molecule has 3 aliphatic rings. The Balaban J connectivity index is 0.788. The molecular weight excluding hydrogens is 1210 g/mol. The van der Waals surface area contributed by atoms with Crippen molar-refractivity contribution >= 4 is 0 Å². The van der Waals surface area contributed by atoms with Crippen molar-refractivity contribution in [2.45, 2.75) is 131 Å². The number of ether oxygens (including phenoxy) is 9. The lowest BCUT2D eigenvalue weighted by molar-refractivity contribution is -0.330. The van der Waals surface area contributed by atoms with Gasteiger partial charge in [-0.25, -0.2) is 0 Å². The lowest BCUT2D eigenvalue weighted by Gasteiger charge is -2.50. The molecule has 14 heteroatoms. The summed E-state index contributed by atoms with van der Waals surface area (Å²) >= 11 is 0. The fourth-order valence-corrected chi connectivity index (χ4v) is 13.3. The van der Waals surface area contributed by atoms with E-state index in [9.17, 15) is 0 Å². The summed E-state index contributed by atoms with van der Waals surface area (Å²) in [5.41, 5.74) is 51.7. The molecule has 97 heavy (non-hydrogen) atoms. The van der Waals surface area contributed by atoms with Crippen LogP contribution in [0.5, 0.6) is 0 Å². The molecule has 2 aliphatic heterocycles. The van der Waals surface area contributed by atoms with Gasteiger partial charge in [-0.1, -0.05) is 273 Å². The molecule has 1 saturated carbocycles. The van der Waals surface area contributed by atoms with Crippen LogP contribution in [-0.4, -0.2) is 98.7 Å². The van der Waals surface area contributed by atoms with E-state index in [1.807, 2.05) is 91.0 Å². The van der Waals surface area contributed by atoms with Crippen molar-refractivity contribution in [3.8, 4) is 55.6 Å². The minimum absolute atomic E-state index is 0.0932. The molecule has 10 aromatic rings. The van der Waals surface area contributed by atoms with Gasteiger partial charge in [-0.05, 0) is 96.3 Å². The average molecular weight is 1300 g/mol. The minimum atomic E-state index is -1.15. The molecule has 10 N–H and O–H groups in total. The van der Waals surface area contributed by atoms with E-state index in [4.69, 9.17) is 71.3 Å². The van der Waals surface area contributed by atoms with Crippen LogP contribution < -0.4 is 28.7 Å². The van der Waals surface area contributed by atoms with Crippen LogP contribution in [-0.2, 0) is 75.7 Å². The Labute approximate surface area is 569 Å². The lowest BCUT2D eigenvalue weighted by atomic mass is 9.84. The third-order valence-corrected chi connectivity index (χ3v) is 18.8. The molecule has 0 radical (unpaired) electrons. The normalized spacial score (nSPS) is 25.0. The van der Waals surface area contributed by atoms with Gasteiger partial charge in [0, 0.05) is 18.6 Å². The summed E-state index contributed by atoms with van der Waals surface area (Å²) in [7, 11) is 0. The molecule has 13 rings (SSSR count). The molecule has 2 heterocycles. The van der Waals surface area contributed by atoms with Crippen LogP contribution >= 0.6 is 0 Å². The minimum Gasteiger partial charge on any atom is -0.374 e. The Morgan fingerprint density at radius 2 is 0.598 bits per heavy atom. The molecular formula is C83H87N5O9. The maximum Gasteiger partial charge on any atom is 0.186 e. The average Bonchev–Trinajstić information content (AvgIpc) is 0.793. The summed E-state index contributed by atoms with van der Waals surface area (Å²) in [5, 5.41) is 0. The van der Waals surface area contributed by atoms with E-state index in [1.165, 1.54) is 0 Å². The molecule has 1 aliphatic carbocycles. The zero-order valence-corrected chi connectivity index (χ0v) is 54.5. The maximum absolute atomic E-state index is 7.64. The highest BCUT2D eigenvalue weighted by Crippen LogP contribution is 2.37. The topological polar surface area (TPSA) is 213 Å². The van der Waals surface area contributed by atoms with Crippen LogP contribution in [0.3, 0.4) is 0 Å². The third-order valence-electron chi connectivity index (χ3n) is 18.8. The Hall–Kier alpha value is -8.36. The van der Waals surface area contributed by atoms with Crippen LogP contribution in [0.25, 0.3) is 55.6 Å². The number of hydrogen-bond donors (Lipinski definition) is 5. The van der Waals surface area contributed by atoms with Gasteiger partial charge in [-0.15, -0.1) is 0 Å². The monoisotopic (exact) mass is 1300 g/mol. The van der Waals surface area contributed by atoms with Gasteiger partial charge < -0.3 is 71.3 Å². The summed E-state index contributed by atoms with van der Waals surface area (Å²) in [6.07, 6.45) is -7.51. The van der Waals surface area contributed by atoms with Gasteiger partial charge in [0.15, 0.2) is 12.6 Å². The second-order valence-corrected chi connectivity index (χ2v) is 25.6. The first-order chi connectivity index (χ1) is 47.7. The van der Waals surface area contributed by atoms with Crippen molar-refractivity contribution < 1.29 is 42.6 Å². The number of hydrogen-bond acceptors (Lipinski definition) is 14. The molecule has 14 nitrogen and oxygen atoms in total.